The number of rotatable bonds is 7. The van der Waals surface area contributed by atoms with Crippen LogP contribution in [0, 0.1) is 0 Å². The van der Waals surface area contributed by atoms with Crippen LogP contribution in [0.5, 0.6) is 11.5 Å². The molecule has 3 aromatic rings. The van der Waals surface area contributed by atoms with Gasteiger partial charge >= 0.3 is 0 Å². The normalized spacial score (nSPS) is 15.8. The van der Waals surface area contributed by atoms with Crippen molar-refractivity contribution < 1.29 is 14.6 Å². The summed E-state index contributed by atoms with van der Waals surface area (Å²) in [5, 5.41) is 16.3. The molecule has 3 N–H and O–H groups in total. The van der Waals surface area contributed by atoms with Crippen LogP contribution in [0.15, 0.2) is 42.5 Å². The summed E-state index contributed by atoms with van der Waals surface area (Å²) < 4.78 is 5.22. The van der Waals surface area contributed by atoms with E-state index in [4.69, 9.17) is 19.7 Å². The van der Waals surface area contributed by atoms with Gasteiger partial charge in [-0.1, -0.05) is 6.07 Å². The standard InChI is InChI=1S/C27H33N7O3/c1-37-22-10-8-9-21(35)23(22)24(36)28-19-11-13-20(14-12-19)29-25-30-26(33-15-4-2-5-16-33)32-27(31-25)34-17-6-3-7-18-34/h8-14,35H,2-7,15-18H2,1H3,(H,28,36)(H,29,30,31,32). The number of hydrogen-bond donors (Lipinski definition) is 3. The molecule has 0 saturated carbocycles. The van der Waals surface area contributed by atoms with Crippen molar-refractivity contribution in [1.82, 2.24) is 15.0 Å². The topological polar surface area (TPSA) is 116 Å². The van der Waals surface area contributed by atoms with Crippen molar-refractivity contribution >= 4 is 35.1 Å². The van der Waals surface area contributed by atoms with Gasteiger partial charge in [-0.25, -0.2) is 0 Å². The number of methoxy groups -OCH3 is 1. The lowest BCUT2D eigenvalue weighted by molar-refractivity contribution is 0.102. The van der Waals surface area contributed by atoms with E-state index in [1.165, 1.54) is 26.0 Å². The van der Waals surface area contributed by atoms with E-state index >= 15 is 0 Å². The van der Waals surface area contributed by atoms with Gasteiger partial charge in [-0.2, -0.15) is 15.0 Å². The van der Waals surface area contributed by atoms with Crippen molar-refractivity contribution in [2.45, 2.75) is 38.5 Å². The van der Waals surface area contributed by atoms with Crippen LogP contribution >= 0.6 is 0 Å². The van der Waals surface area contributed by atoms with Crippen LogP contribution in [0.4, 0.5) is 29.2 Å². The van der Waals surface area contributed by atoms with Gasteiger partial charge in [0, 0.05) is 37.6 Å². The maximum absolute atomic E-state index is 12.8. The van der Waals surface area contributed by atoms with Crippen LogP contribution in [0.25, 0.3) is 0 Å². The van der Waals surface area contributed by atoms with Crippen LogP contribution in [0.1, 0.15) is 48.9 Å². The molecule has 1 aromatic heterocycles. The second-order valence-electron chi connectivity index (χ2n) is 9.37. The summed E-state index contributed by atoms with van der Waals surface area (Å²) in [5.41, 5.74) is 1.46. The zero-order valence-corrected chi connectivity index (χ0v) is 21.1. The van der Waals surface area contributed by atoms with Gasteiger partial charge < -0.3 is 30.3 Å². The molecule has 0 atom stereocenters. The second kappa shape index (κ2) is 11.3. The van der Waals surface area contributed by atoms with E-state index in [9.17, 15) is 9.90 Å². The summed E-state index contributed by atoms with van der Waals surface area (Å²) in [4.78, 5) is 31.6. The fourth-order valence-electron chi connectivity index (χ4n) is 4.76. The molecular formula is C27H33N7O3. The predicted octanol–water partition coefficient (Wildman–Crippen LogP) is 4.56. The Labute approximate surface area is 216 Å². The zero-order valence-electron chi connectivity index (χ0n) is 21.1. The molecule has 5 rings (SSSR count). The smallest absolute Gasteiger partial charge is 0.263 e. The van der Waals surface area contributed by atoms with Crippen molar-refractivity contribution in [3.8, 4) is 11.5 Å². The maximum atomic E-state index is 12.8. The van der Waals surface area contributed by atoms with Gasteiger partial charge in [-0.05, 0) is 74.9 Å². The number of anilines is 5. The van der Waals surface area contributed by atoms with Crippen molar-refractivity contribution in [2.24, 2.45) is 0 Å². The van der Waals surface area contributed by atoms with E-state index in [-0.39, 0.29) is 11.3 Å². The average Bonchev–Trinajstić information content (AvgIpc) is 2.94. The molecule has 2 aromatic carbocycles. The predicted molar refractivity (Wildman–Crippen MR) is 144 cm³/mol. The van der Waals surface area contributed by atoms with Gasteiger partial charge in [0.05, 0.1) is 7.11 Å². The molecular weight excluding hydrogens is 470 g/mol. The summed E-state index contributed by atoms with van der Waals surface area (Å²) in [7, 11) is 1.46. The molecule has 0 bridgehead atoms. The molecule has 0 radical (unpaired) electrons. The van der Waals surface area contributed by atoms with Gasteiger partial charge in [0.2, 0.25) is 17.8 Å². The number of hydrogen-bond acceptors (Lipinski definition) is 9. The van der Waals surface area contributed by atoms with Crippen LogP contribution in [0.2, 0.25) is 0 Å². The first-order valence-electron chi connectivity index (χ1n) is 12.9. The number of carbonyl (C=O) groups excluding carboxylic acids is 1. The molecule has 0 aliphatic carbocycles. The Kier molecular flexibility index (Phi) is 7.53. The van der Waals surface area contributed by atoms with Crippen molar-refractivity contribution in [2.75, 3.05) is 53.7 Å². The minimum atomic E-state index is -0.453. The summed E-state index contributed by atoms with van der Waals surface area (Å²) in [5.74, 6) is 1.66. The molecule has 2 aliphatic heterocycles. The number of nitrogens with one attached hydrogen (secondary N) is 2. The number of aromatic hydroxyl groups is 1. The van der Waals surface area contributed by atoms with Gasteiger partial charge in [0.15, 0.2) is 0 Å². The minimum absolute atomic E-state index is 0.0906. The highest BCUT2D eigenvalue weighted by Gasteiger charge is 2.21. The van der Waals surface area contributed by atoms with Crippen LogP contribution in [-0.4, -0.2) is 59.3 Å². The first-order valence-corrected chi connectivity index (χ1v) is 12.9. The Morgan fingerprint density at radius 3 is 1.95 bits per heavy atom. The quantitative estimate of drug-likeness (QED) is 0.427. The summed E-state index contributed by atoms with van der Waals surface area (Å²) in [6.07, 6.45) is 7.07. The lowest BCUT2D eigenvalue weighted by Crippen LogP contribution is -2.34. The van der Waals surface area contributed by atoms with E-state index in [1.54, 1.807) is 24.3 Å². The number of benzene rings is 2. The van der Waals surface area contributed by atoms with Crippen molar-refractivity contribution in [1.29, 1.82) is 0 Å². The van der Waals surface area contributed by atoms with Gasteiger partial charge in [0.25, 0.3) is 5.91 Å². The monoisotopic (exact) mass is 503 g/mol. The fraction of sp³-hybridized carbons (Fsp3) is 0.407. The zero-order chi connectivity index (χ0) is 25.6. The molecule has 2 fully saturated rings. The Bertz CT molecular complexity index is 1190. The molecule has 1 amide bonds. The van der Waals surface area contributed by atoms with Crippen molar-refractivity contribution in [3.63, 3.8) is 0 Å². The highest BCUT2D eigenvalue weighted by Crippen LogP contribution is 2.29. The number of ether oxygens (including phenoxy) is 1. The van der Waals surface area contributed by atoms with Crippen molar-refractivity contribution in [3.05, 3.63) is 48.0 Å². The van der Waals surface area contributed by atoms with Crippen LogP contribution in [0.3, 0.4) is 0 Å². The Balaban J connectivity index is 1.33. The molecule has 2 aliphatic rings. The average molecular weight is 504 g/mol. The SMILES string of the molecule is COc1cccc(O)c1C(=O)Nc1ccc(Nc2nc(N3CCCCC3)nc(N3CCCCC3)n2)cc1. The number of phenols is 1. The van der Waals surface area contributed by atoms with Crippen LogP contribution < -0.4 is 25.2 Å². The van der Waals surface area contributed by atoms with E-state index in [1.807, 2.05) is 12.1 Å². The Morgan fingerprint density at radius 2 is 1.38 bits per heavy atom. The number of piperidine rings is 2. The number of nitrogens with zero attached hydrogens (tertiary/aromatic N) is 5. The number of phenolic OH excluding ortho intramolecular Hbond substituents is 1. The van der Waals surface area contributed by atoms with E-state index in [0.29, 0.717) is 17.4 Å². The summed E-state index contributed by atoms with van der Waals surface area (Å²) in [6.45, 7) is 3.83. The largest absolute Gasteiger partial charge is 0.507 e. The highest BCUT2D eigenvalue weighted by atomic mass is 16.5. The summed E-state index contributed by atoms with van der Waals surface area (Å²) in [6, 6.07) is 12.0. The van der Waals surface area contributed by atoms with Gasteiger partial charge in [-0.15, -0.1) is 0 Å². The molecule has 194 valence electrons. The fourth-order valence-corrected chi connectivity index (χ4v) is 4.76. The molecule has 10 heteroatoms. The molecule has 0 unspecified atom stereocenters. The minimum Gasteiger partial charge on any atom is -0.507 e. The van der Waals surface area contributed by atoms with E-state index in [2.05, 4.69) is 20.4 Å². The Morgan fingerprint density at radius 1 is 0.811 bits per heavy atom. The van der Waals surface area contributed by atoms with Crippen LogP contribution in [-0.2, 0) is 0 Å². The first-order chi connectivity index (χ1) is 18.1. The molecule has 0 spiro atoms. The molecule has 3 heterocycles. The van der Waals surface area contributed by atoms with Gasteiger partial charge in [-0.3, -0.25) is 4.79 Å². The molecule has 37 heavy (non-hydrogen) atoms. The summed E-state index contributed by atoms with van der Waals surface area (Å²) >= 11 is 0. The third kappa shape index (κ3) is 5.84. The number of amides is 1. The number of carbonyl (C=O) groups is 1. The Hall–Kier alpha value is -4.08. The van der Waals surface area contributed by atoms with E-state index < -0.39 is 5.91 Å². The third-order valence-corrected chi connectivity index (χ3v) is 6.74. The lowest BCUT2D eigenvalue weighted by Gasteiger charge is -2.30. The van der Waals surface area contributed by atoms with Gasteiger partial charge in [0.1, 0.15) is 17.1 Å². The maximum Gasteiger partial charge on any atom is 0.263 e. The first kappa shape index (κ1) is 24.6. The third-order valence-electron chi connectivity index (χ3n) is 6.74. The highest BCUT2D eigenvalue weighted by molar-refractivity contribution is 6.08. The molecule has 2 saturated heterocycles. The number of aromatic nitrogens is 3. The lowest BCUT2D eigenvalue weighted by atomic mass is 10.1. The second-order valence-corrected chi connectivity index (χ2v) is 9.37. The van der Waals surface area contributed by atoms with E-state index in [0.717, 1.165) is 69.4 Å². The molecule has 10 nitrogen and oxygen atoms in total.